The van der Waals surface area contributed by atoms with Gasteiger partial charge in [-0.2, -0.15) is 0 Å². The van der Waals surface area contributed by atoms with Crippen LogP contribution in [0.15, 0.2) is 0 Å². The molecule has 0 aromatic heterocycles. The fraction of sp³-hybridized carbons (Fsp3) is 1.00. The molecule has 0 aromatic carbocycles. The number of hydrogen-bond donors (Lipinski definition) is 0. The standard InChI is InChI=1S/C6H14OS/c1-4-7-8-5-6(2)3/h6H,4-5H2,1-3H3. The summed E-state index contributed by atoms with van der Waals surface area (Å²) in [7, 11) is 0. The Balaban J connectivity index is 2.72. The Bertz CT molecular complexity index is 45.8. The Morgan fingerprint density at radius 2 is 2.12 bits per heavy atom. The topological polar surface area (TPSA) is 9.23 Å². The summed E-state index contributed by atoms with van der Waals surface area (Å²) in [6.45, 7) is 7.20. The summed E-state index contributed by atoms with van der Waals surface area (Å²) in [5, 5.41) is 0. The summed E-state index contributed by atoms with van der Waals surface area (Å²) < 4.78 is 5.06. The van der Waals surface area contributed by atoms with Crippen molar-refractivity contribution in [3.63, 3.8) is 0 Å². The Morgan fingerprint density at radius 3 is 2.50 bits per heavy atom. The first-order valence-electron chi connectivity index (χ1n) is 3.01. The molecule has 0 rings (SSSR count). The maximum Gasteiger partial charge on any atom is 0.0585 e. The first-order chi connectivity index (χ1) is 3.77. The summed E-state index contributed by atoms with van der Waals surface area (Å²) in [6, 6.07) is 0. The molecule has 0 aliphatic rings. The molecule has 0 aliphatic carbocycles. The van der Waals surface area contributed by atoms with Crippen molar-refractivity contribution < 1.29 is 4.18 Å². The minimum absolute atomic E-state index is 0.742. The van der Waals surface area contributed by atoms with Gasteiger partial charge < -0.3 is 4.18 Å². The first-order valence-corrected chi connectivity index (χ1v) is 3.92. The summed E-state index contributed by atoms with van der Waals surface area (Å²) in [6.07, 6.45) is 0. The van der Waals surface area contributed by atoms with Crippen LogP contribution in [0.5, 0.6) is 0 Å². The molecule has 8 heavy (non-hydrogen) atoms. The van der Waals surface area contributed by atoms with Gasteiger partial charge in [-0.05, 0) is 24.9 Å². The van der Waals surface area contributed by atoms with Crippen LogP contribution in [-0.2, 0) is 4.18 Å². The van der Waals surface area contributed by atoms with Crippen LogP contribution in [0, 0.1) is 5.92 Å². The lowest BCUT2D eigenvalue weighted by Crippen LogP contribution is -1.91. The van der Waals surface area contributed by atoms with Gasteiger partial charge in [-0.25, -0.2) is 0 Å². The fourth-order valence-corrected chi connectivity index (χ4v) is 0.803. The van der Waals surface area contributed by atoms with Gasteiger partial charge >= 0.3 is 0 Å². The van der Waals surface area contributed by atoms with E-state index in [0.29, 0.717) is 0 Å². The van der Waals surface area contributed by atoms with Gasteiger partial charge in [0.25, 0.3) is 0 Å². The second-order valence-corrected chi connectivity index (χ2v) is 2.89. The van der Waals surface area contributed by atoms with E-state index in [1.54, 1.807) is 12.0 Å². The molecule has 0 atom stereocenters. The van der Waals surface area contributed by atoms with E-state index < -0.39 is 0 Å². The van der Waals surface area contributed by atoms with Crippen molar-refractivity contribution in [2.45, 2.75) is 20.8 Å². The quantitative estimate of drug-likeness (QED) is 0.431. The molecule has 0 radical (unpaired) electrons. The maximum atomic E-state index is 5.06. The minimum Gasteiger partial charge on any atom is -0.316 e. The second-order valence-electron chi connectivity index (χ2n) is 2.08. The highest BCUT2D eigenvalue weighted by Gasteiger charge is 1.91. The number of hydrogen-bond acceptors (Lipinski definition) is 2. The summed E-state index contributed by atoms with van der Waals surface area (Å²) in [5.41, 5.74) is 0. The van der Waals surface area contributed by atoms with Crippen LogP contribution in [-0.4, -0.2) is 12.4 Å². The number of rotatable bonds is 4. The zero-order valence-corrected chi connectivity index (χ0v) is 6.62. The van der Waals surface area contributed by atoms with Crippen molar-refractivity contribution in [1.82, 2.24) is 0 Å². The van der Waals surface area contributed by atoms with E-state index in [1.165, 1.54) is 0 Å². The predicted molar refractivity (Wildman–Crippen MR) is 38.9 cm³/mol. The van der Waals surface area contributed by atoms with Crippen LogP contribution in [0.2, 0.25) is 0 Å². The average Bonchev–Trinajstić information content (AvgIpc) is 1.66. The molecule has 0 aliphatic heterocycles. The summed E-state index contributed by atoms with van der Waals surface area (Å²) >= 11 is 1.56. The molecule has 50 valence electrons. The Morgan fingerprint density at radius 1 is 1.50 bits per heavy atom. The molecule has 0 amide bonds. The highest BCUT2D eigenvalue weighted by atomic mass is 32.2. The van der Waals surface area contributed by atoms with E-state index in [-0.39, 0.29) is 0 Å². The summed E-state index contributed by atoms with van der Waals surface area (Å²) in [5.74, 6) is 1.85. The average molecular weight is 134 g/mol. The second kappa shape index (κ2) is 5.45. The van der Waals surface area contributed by atoms with Crippen molar-refractivity contribution in [2.75, 3.05) is 12.4 Å². The van der Waals surface area contributed by atoms with Gasteiger partial charge in [0.15, 0.2) is 0 Å². The lowest BCUT2D eigenvalue weighted by Gasteiger charge is -2.00. The van der Waals surface area contributed by atoms with Gasteiger partial charge in [-0.1, -0.05) is 13.8 Å². The SMILES string of the molecule is CCOSCC(C)C. The van der Waals surface area contributed by atoms with E-state index in [9.17, 15) is 0 Å². The van der Waals surface area contributed by atoms with Gasteiger partial charge in [0.1, 0.15) is 0 Å². The van der Waals surface area contributed by atoms with Crippen molar-refractivity contribution in [3.8, 4) is 0 Å². The zero-order chi connectivity index (χ0) is 6.41. The zero-order valence-electron chi connectivity index (χ0n) is 5.81. The Kier molecular flexibility index (Phi) is 5.66. The molecule has 0 saturated heterocycles. The lowest BCUT2D eigenvalue weighted by atomic mass is 10.3. The van der Waals surface area contributed by atoms with Gasteiger partial charge in [0.2, 0.25) is 0 Å². The Hall–Kier alpha value is 0.310. The monoisotopic (exact) mass is 134 g/mol. The largest absolute Gasteiger partial charge is 0.316 e. The molecule has 1 nitrogen and oxygen atoms in total. The van der Waals surface area contributed by atoms with Crippen LogP contribution in [0.4, 0.5) is 0 Å². The van der Waals surface area contributed by atoms with E-state index in [4.69, 9.17) is 4.18 Å². The van der Waals surface area contributed by atoms with E-state index in [1.807, 2.05) is 6.92 Å². The minimum atomic E-state index is 0.742. The normalized spacial score (nSPS) is 10.5. The van der Waals surface area contributed by atoms with E-state index >= 15 is 0 Å². The highest BCUT2D eigenvalue weighted by Crippen LogP contribution is 2.07. The molecule has 0 bridgehead atoms. The van der Waals surface area contributed by atoms with Gasteiger partial charge in [0, 0.05) is 5.75 Å². The van der Waals surface area contributed by atoms with Crippen molar-refractivity contribution in [2.24, 2.45) is 5.92 Å². The van der Waals surface area contributed by atoms with Crippen LogP contribution in [0.3, 0.4) is 0 Å². The van der Waals surface area contributed by atoms with Crippen molar-refractivity contribution in [1.29, 1.82) is 0 Å². The van der Waals surface area contributed by atoms with E-state index in [0.717, 1.165) is 18.3 Å². The molecule has 0 saturated carbocycles. The van der Waals surface area contributed by atoms with Crippen LogP contribution in [0.1, 0.15) is 20.8 Å². The third-order valence-electron chi connectivity index (χ3n) is 0.603. The van der Waals surface area contributed by atoms with Crippen LogP contribution >= 0.6 is 12.0 Å². The molecule has 0 unspecified atom stereocenters. The predicted octanol–water partition coefficient (Wildman–Crippen LogP) is 2.33. The molecule has 0 fully saturated rings. The molecular formula is C6H14OS. The fourth-order valence-electron chi connectivity index (χ4n) is 0.268. The first kappa shape index (κ1) is 8.31. The van der Waals surface area contributed by atoms with Crippen LogP contribution < -0.4 is 0 Å². The summed E-state index contributed by atoms with van der Waals surface area (Å²) in [4.78, 5) is 0. The molecule has 2 heteroatoms. The smallest absolute Gasteiger partial charge is 0.0585 e. The third-order valence-corrected chi connectivity index (χ3v) is 1.81. The molecule has 0 heterocycles. The Labute approximate surface area is 56.0 Å². The third kappa shape index (κ3) is 6.31. The maximum absolute atomic E-state index is 5.06. The van der Waals surface area contributed by atoms with Crippen molar-refractivity contribution >= 4 is 12.0 Å². The van der Waals surface area contributed by atoms with Crippen molar-refractivity contribution in [3.05, 3.63) is 0 Å². The van der Waals surface area contributed by atoms with Gasteiger partial charge in [0.05, 0.1) is 6.61 Å². The van der Waals surface area contributed by atoms with E-state index in [2.05, 4.69) is 13.8 Å². The molecule has 0 aromatic rings. The molecular weight excluding hydrogens is 120 g/mol. The van der Waals surface area contributed by atoms with Gasteiger partial charge in [-0.3, -0.25) is 0 Å². The molecule has 0 N–H and O–H groups in total. The highest BCUT2D eigenvalue weighted by molar-refractivity contribution is 7.94. The van der Waals surface area contributed by atoms with Gasteiger partial charge in [-0.15, -0.1) is 0 Å². The molecule has 0 spiro atoms. The lowest BCUT2D eigenvalue weighted by molar-refractivity contribution is 0.399. The van der Waals surface area contributed by atoms with Crippen LogP contribution in [0.25, 0.3) is 0 Å².